The van der Waals surface area contributed by atoms with E-state index in [2.05, 4.69) is 25.5 Å². The van der Waals surface area contributed by atoms with Crippen LogP contribution in [0.1, 0.15) is 18.5 Å². The van der Waals surface area contributed by atoms with Gasteiger partial charge in [0.15, 0.2) is 5.65 Å². The Kier molecular flexibility index (Phi) is 2.49. The first-order valence-corrected chi connectivity index (χ1v) is 8.48. The van der Waals surface area contributed by atoms with Gasteiger partial charge in [0.25, 0.3) is 5.95 Å². The molecule has 10 heteroatoms. The molecular formula is C16H11ClN8O. The van der Waals surface area contributed by atoms with Crippen LogP contribution in [0, 0.1) is 0 Å². The number of hydrogen-bond donors (Lipinski definition) is 1. The van der Waals surface area contributed by atoms with E-state index in [0.29, 0.717) is 41.1 Å². The van der Waals surface area contributed by atoms with Crippen molar-refractivity contribution in [1.29, 1.82) is 0 Å². The molecule has 1 aliphatic carbocycles. The molecule has 6 rings (SSSR count). The highest BCUT2D eigenvalue weighted by atomic mass is 35.5. The standard InChI is InChI=1S/C16H11ClN8O/c17-14-18-7-12-24(14)10-4-2-1-3-9(10)13-20-21-15(25(12)13)23-8-11(19-22-23)16(26)5-6-16/h1-4,7-8,26H,5-6H2. The number of imidazole rings is 1. The van der Waals surface area contributed by atoms with Gasteiger partial charge in [0, 0.05) is 5.39 Å². The Balaban J connectivity index is 1.72. The van der Waals surface area contributed by atoms with E-state index in [1.54, 1.807) is 12.4 Å². The van der Waals surface area contributed by atoms with Gasteiger partial charge in [-0.2, -0.15) is 4.68 Å². The Morgan fingerprint density at radius 1 is 1.08 bits per heavy atom. The average molecular weight is 367 g/mol. The van der Waals surface area contributed by atoms with Crippen molar-refractivity contribution >= 4 is 33.8 Å². The molecule has 0 unspecified atom stereocenters. The molecule has 0 aliphatic heterocycles. The summed E-state index contributed by atoms with van der Waals surface area (Å²) in [7, 11) is 0. The van der Waals surface area contributed by atoms with E-state index >= 15 is 0 Å². The molecule has 0 radical (unpaired) electrons. The number of rotatable bonds is 2. The second kappa shape index (κ2) is 4.57. The molecule has 1 N–H and O–H groups in total. The van der Waals surface area contributed by atoms with Gasteiger partial charge in [0.05, 0.1) is 17.9 Å². The molecule has 0 bridgehead atoms. The van der Waals surface area contributed by atoms with Crippen LogP contribution >= 0.6 is 11.6 Å². The highest BCUT2D eigenvalue weighted by molar-refractivity contribution is 6.29. The molecular weight excluding hydrogens is 356 g/mol. The molecule has 1 saturated carbocycles. The molecule has 4 aromatic heterocycles. The van der Waals surface area contributed by atoms with Crippen LogP contribution in [0.25, 0.3) is 28.1 Å². The lowest BCUT2D eigenvalue weighted by Gasteiger charge is -2.07. The van der Waals surface area contributed by atoms with Crippen molar-refractivity contribution in [2.75, 3.05) is 0 Å². The number of nitrogens with zero attached hydrogens (tertiary/aromatic N) is 8. The Morgan fingerprint density at radius 2 is 1.92 bits per heavy atom. The minimum absolute atomic E-state index is 0.351. The minimum Gasteiger partial charge on any atom is -0.383 e. The summed E-state index contributed by atoms with van der Waals surface area (Å²) in [6.45, 7) is 0. The third-order valence-electron chi connectivity index (χ3n) is 4.86. The summed E-state index contributed by atoms with van der Waals surface area (Å²) in [6.07, 6.45) is 4.74. The SMILES string of the molecule is OC1(c2cn(-c3nnc4c5ccccc5n5c(Cl)ncc5n34)nn2)CC1. The van der Waals surface area contributed by atoms with Gasteiger partial charge in [-0.3, -0.25) is 4.40 Å². The lowest BCUT2D eigenvalue weighted by molar-refractivity contribution is 0.146. The number of hydrogen-bond acceptors (Lipinski definition) is 6. The van der Waals surface area contributed by atoms with Crippen molar-refractivity contribution in [2.24, 2.45) is 0 Å². The Bertz CT molecular complexity index is 1330. The molecule has 0 atom stereocenters. The summed E-state index contributed by atoms with van der Waals surface area (Å²) in [4.78, 5) is 4.23. The topological polar surface area (TPSA) is 98.4 Å². The molecule has 1 aliphatic rings. The second-order valence-corrected chi connectivity index (χ2v) is 6.82. The van der Waals surface area contributed by atoms with Crippen molar-refractivity contribution in [3.63, 3.8) is 0 Å². The summed E-state index contributed by atoms with van der Waals surface area (Å²) >= 11 is 6.32. The van der Waals surface area contributed by atoms with Gasteiger partial charge in [-0.25, -0.2) is 9.38 Å². The van der Waals surface area contributed by atoms with Gasteiger partial charge in [-0.05, 0) is 36.6 Å². The molecule has 26 heavy (non-hydrogen) atoms. The third kappa shape index (κ3) is 1.71. The van der Waals surface area contributed by atoms with E-state index < -0.39 is 5.60 Å². The van der Waals surface area contributed by atoms with Crippen LogP contribution in [0.2, 0.25) is 5.28 Å². The number of halogens is 1. The van der Waals surface area contributed by atoms with Crippen molar-refractivity contribution in [2.45, 2.75) is 18.4 Å². The summed E-state index contributed by atoms with van der Waals surface area (Å²) in [6, 6.07) is 7.79. The summed E-state index contributed by atoms with van der Waals surface area (Å²) in [5.41, 5.74) is 1.95. The maximum absolute atomic E-state index is 10.3. The highest BCUT2D eigenvalue weighted by Crippen LogP contribution is 2.44. The molecule has 0 spiro atoms. The zero-order valence-electron chi connectivity index (χ0n) is 13.3. The maximum atomic E-state index is 10.3. The molecule has 1 aromatic carbocycles. The van der Waals surface area contributed by atoms with Gasteiger partial charge in [-0.15, -0.1) is 15.3 Å². The molecule has 5 aromatic rings. The molecule has 4 heterocycles. The van der Waals surface area contributed by atoms with E-state index in [1.165, 1.54) is 4.68 Å². The van der Waals surface area contributed by atoms with Gasteiger partial charge in [-0.1, -0.05) is 17.3 Å². The van der Waals surface area contributed by atoms with Crippen molar-refractivity contribution in [1.82, 2.24) is 39.0 Å². The van der Waals surface area contributed by atoms with E-state index in [9.17, 15) is 5.11 Å². The predicted molar refractivity (Wildman–Crippen MR) is 92.3 cm³/mol. The number of benzene rings is 1. The lowest BCUT2D eigenvalue weighted by Crippen LogP contribution is -2.05. The van der Waals surface area contributed by atoms with Crippen LogP contribution < -0.4 is 0 Å². The van der Waals surface area contributed by atoms with E-state index in [1.807, 2.05) is 33.1 Å². The van der Waals surface area contributed by atoms with E-state index in [0.717, 1.165) is 10.9 Å². The largest absolute Gasteiger partial charge is 0.383 e. The Morgan fingerprint density at radius 3 is 2.77 bits per heavy atom. The van der Waals surface area contributed by atoms with Crippen LogP contribution in [0.3, 0.4) is 0 Å². The maximum Gasteiger partial charge on any atom is 0.259 e. The van der Waals surface area contributed by atoms with E-state index in [4.69, 9.17) is 11.6 Å². The summed E-state index contributed by atoms with van der Waals surface area (Å²) in [5.74, 6) is 0.454. The lowest BCUT2D eigenvalue weighted by atomic mass is 10.2. The quantitative estimate of drug-likeness (QED) is 0.511. The zero-order valence-corrected chi connectivity index (χ0v) is 14.0. The fourth-order valence-electron chi connectivity index (χ4n) is 3.32. The first kappa shape index (κ1) is 14.2. The monoisotopic (exact) mass is 366 g/mol. The Hall–Kier alpha value is -3.04. The number of aliphatic hydroxyl groups is 1. The first-order chi connectivity index (χ1) is 12.7. The van der Waals surface area contributed by atoms with Crippen LogP contribution in [0.15, 0.2) is 36.7 Å². The molecule has 1 fully saturated rings. The first-order valence-electron chi connectivity index (χ1n) is 8.10. The number of para-hydroxylation sites is 1. The van der Waals surface area contributed by atoms with Crippen LogP contribution in [0.5, 0.6) is 0 Å². The van der Waals surface area contributed by atoms with E-state index in [-0.39, 0.29) is 0 Å². The summed E-state index contributed by atoms with van der Waals surface area (Å²) < 4.78 is 5.18. The normalized spacial score (nSPS) is 16.1. The molecule has 9 nitrogen and oxygen atoms in total. The number of fused-ring (bicyclic) bond motifs is 6. The van der Waals surface area contributed by atoms with Gasteiger partial charge in [0.1, 0.15) is 16.9 Å². The fraction of sp³-hybridized carbons (Fsp3) is 0.188. The predicted octanol–water partition coefficient (Wildman–Crippen LogP) is 1.75. The molecule has 0 amide bonds. The molecule has 0 saturated heterocycles. The van der Waals surface area contributed by atoms with Crippen LogP contribution in [-0.4, -0.2) is 44.1 Å². The van der Waals surface area contributed by atoms with Crippen LogP contribution in [0.4, 0.5) is 0 Å². The molecule has 128 valence electrons. The Labute approximate surface area is 150 Å². The van der Waals surface area contributed by atoms with Gasteiger partial charge in [0.2, 0.25) is 5.28 Å². The van der Waals surface area contributed by atoms with Crippen LogP contribution in [-0.2, 0) is 5.60 Å². The zero-order chi connectivity index (χ0) is 17.5. The summed E-state index contributed by atoms with van der Waals surface area (Å²) in [5, 5.41) is 28.4. The number of aromatic nitrogens is 8. The average Bonchev–Trinajstić information content (AvgIpc) is 3.06. The van der Waals surface area contributed by atoms with Gasteiger partial charge >= 0.3 is 0 Å². The minimum atomic E-state index is -0.860. The van der Waals surface area contributed by atoms with Crippen molar-refractivity contribution in [3.05, 3.63) is 47.6 Å². The van der Waals surface area contributed by atoms with Crippen molar-refractivity contribution < 1.29 is 5.11 Å². The smallest absolute Gasteiger partial charge is 0.259 e. The second-order valence-electron chi connectivity index (χ2n) is 6.48. The van der Waals surface area contributed by atoms with Gasteiger partial charge < -0.3 is 5.11 Å². The van der Waals surface area contributed by atoms with Crippen molar-refractivity contribution in [3.8, 4) is 5.95 Å². The fourth-order valence-corrected chi connectivity index (χ4v) is 3.54. The third-order valence-corrected chi connectivity index (χ3v) is 5.13. The highest BCUT2D eigenvalue weighted by Gasteiger charge is 2.45.